The Hall–Kier alpha value is -1.71. The molecule has 0 atom stereocenters. The van der Waals surface area contributed by atoms with E-state index in [1.165, 1.54) is 28.8 Å². The Kier molecular flexibility index (Phi) is 6.52. The number of hydrogen-bond donors (Lipinski definition) is 1. The zero-order chi connectivity index (χ0) is 17.7. The van der Waals surface area contributed by atoms with Crippen molar-refractivity contribution in [2.24, 2.45) is 0 Å². The zero-order valence-corrected chi connectivity index (χ0v) is 14.6. The van der Waals surface area contributed by atoms with Gasteiger partial charge in [-0.05, 0) is 12.1 Å². The summed E-state index contributed by atoms with van der Waals surface area (Å²) in [5.41, 5.74) is -0.419. The molecule has 1 fully saturated rings. The third-order valence-electron chi connectivity index (χ3n) is 3.00. The topological polar surface area (TPSA) is 75.7 Å². The summed E-state index contributed by atoms with van der Waals surface area (Å²) in [6.45, 7) is -0.191. The maximum Gasteiger partial charge on any atom is 0.343 e. The quantitative estimate of drug-likeness (QED) is 0.587. The summed E-state index contributed by atoms with van der Waals surface area (Å²) in [5, 5.41) is 2.38. The van der Waals surface area contributed by atoms with Crippen LogP contribution in [0, 0.1) is 5.82 Å². The van der Waals surface area contributed by atoms with Crippen molar-refractivity contribution in [1.29, 1.82) is 0 Å². The van der Waals surface area contributed by atoms with Crippen LogP contribution in [0.15, 0.2) is 18.2 Å². The van der Waals surface area contributed by atoms with Gasteiger partial charge in [-0.1, -0.05) is 41.6 Å². The SMILES string of the molecule is O=C(COC(=O)c1c(F)cccc1Cl)NCCN1C(=O)CSC1=S. The first-order valence-corrected chi connectivity index (χ1v) is 8.52. The summed E-state index contributed by atoms with van der Waals surface area (Å²) >= 11 is 12.0. The number of esters is 1. The van der Waals surface area contributed by atoms with Gasteiger partial charge in [0.1, 0.15) is 15.7 Å². The van der Waals surface area contributed by atoms with Crippen molar-refractivity contribution in [1.82, 2.24) is 10.2 Å². The second-order valence-corrected chi connectivity index (χ2v) is 6.64. The van der Waals surface area contributed by atoms with Crippen molar-refractivity contribution in [3.05, 3.63) is 34.6 Å². The lowest BCUT2D eigenvalue weighted by molar-refractivity contribution is -0.126. The minimum Gasteiger partial charge on any atom is -0.452 e. The lowest BCUT2D eigenvalue weighted by Crippen LogP contribution is -2.38. The minimum absolute atomic E-state index is 0.0982. The van der Waals surface area contributed by atoms with Gasteiger partial charge in [-0.25, -0.2) is 9.18 Å². The number of halogens is 2. The fourth-order valence-corrected chi connectivity index (χ4v) is 3.21. The van der Waals surface area contributed by atoms with E-state index in [1.807, 2.05) is 0 Å². The highest BCUT2D eigenvalue weighted by Gasteiger charge is 2.26. The van der Waals surface area contributed by atoms with Gasteiger partial charge in [0, 0.05) is 13.1 Å². The van der Waals surface area contributed by atoms with Crippen LogP contribution in [-0.2, 0) is 14.3 Å². The van der Waals surface area contributed by atoms with E-state index < -0.39 is 29.9 Å². The normalized spacial score (nSPS) is 14.0. The van der Waals surface area contributed by atoms with Crippen LogP contribution in [0.2, 0.25) is 5.02 Å². The molecule has 0 saturated carbocycles. The molecule has 0 aliphatic carbocycles. The third-order valence-corrected chi connectivity index (χ3v) is 4.75. The monoisotopic (exact) mass is 390 g/mol. The maximum absolute atomic E-state index is 13.5. The smallest absolute Gasteiger partial charge is 0.343 e. The average molecular weight is 391 g/mol. The molecule has 1 aliphatic rings. The Bertz CT molecular complexity index is 665. The van der Waals surface area contributed by atoms with Crippen LogP contribution in [0.3, 0.4) is 0 Å². The minimum atomic E-state index is -1.03. The second kappa shape index (κ2) is 8.41. The van der Waals surface area contributed by atoms with Crippen molar-refractivity contribution in [3.8, 4) is 0 Å². The molecule has 1 heterocycles. The number of carbonyl (C=O) groups excluding carboxylic acids is 3. The molecule has 0 unspecified atom stereocenters. The standard InChI is InChI=1S/C14H12ClFN2O4S2/c15-8-2-1-3-9(16)12(8)13(21)22-6-10(19)17-4-5-18-11(20)7-24-14(18)23/h1-3H,4-7H2,(H,17,19). The lowest BCUT2D eigenvalue weighted by atomic mass is 10.2. The largest absolute Gasteiger partial charge is 0.452 e. The molecule has 0 radical (unpaired) electrons. The molecule has 24 heavy (non-hydrogen) atoms. The fourth-order valence-electron chi connectivity index (χ4n) is 1.85. The van der Waals surface area contributed by atoms with E-state index in [-0.39, 0.29) is 24.0 Å². The molecule has 1 aliphatic heterocycles. The Morgan fingerprint density at radius 3 is 2.83 bits per heavy atom. The first-order valence-electron chi connectivity index (χ1n) is 6.75. The number of amides is 2. The van der Waals surface area contributed by atoms with Crippen molar-refractivity contribution in [2.45, 2.75) is 0 Å². The molecular weight excluding hydrogens is 379 g/mol. The van der Waals surface area contributed by atoms with Gasteiger partial charge in [0.2, 0.25) is 5.91 Å². The van der Waals surface area contributed by atoms with Crippen LogP contribution in [0.25, 0.3) is 0 Å². The van der Waals surface area contributed by atoms with E-state index in [4.69, 9.17) is 28.6 Å². The highest BCUT2D eigenvalue weighted by Crippen LogP contribution is 2.20. The number of thiocarbonyl (C=S) groups is 1. The molecule has 2 amide bonds. The molecule has 0 bridgehead atoms. The number of benzene rings is 1. The van der Waals surface area contributed by atoms with Gasteiger partial charge in [0.05, 0.1) is 10.8 Å². The van der Waals surface area contributed by atoms with Gasteiger partial charge >= 0.3 is 5.97 Å². The second-order valence-electron chi connectivity index (χ2n) is 4.62. The Morgan fingerprint density at radius 2 is 2.21 bits per heavy atom. The molecule has 0 spiro atoms. The molecule has 1 aromatic carbocycles. The Balaban J connectivity index is 1.76. The van der Waals surface area contributed by atoms with Gasteiger partial charge in [-0.3, -0.25) is 14.5 Å². The first-order chi connectivity index (χ1) is 11.4. The third kappa shape index (κ3) is 4.65. The summed E-state index contributed by atoms with van der Waals surface area (Å²) in [7, 11) is 0. The zero-order valence-electron chi connectivity index (χ0n) is 12.2. The van der Waals surface area contributed by atoms with Gasteiger partial charge < -0.3 is 10.1 Å². The van der Waals surface area contributed by atoms with E-state index in [9.17, 15) is 18.8 Å². The highest BCUT2D eigenvalue weighted by atomic mass is 35.5. The molecule has 128 valence electrons. The van der Waals surface area contributed by atoms with Gasteiger partial charge in [0.25, 0.3) is 5.91 Å². The summed E-state index contributed by atoms with van der Waals surface area (Å²) in [6.07, 6.45) is 0. The number of thioether (sulfide) groups is 1. The molecular formula is C14H12ClFN2O4S2. The number of rotatable bonds is 6. The summed E-state index contributed by atoms with van der Waals surface area (Å²) in [5.74, 6) is -2.25. The van der Waals surface area contributed by atoms with Crippen LogP contribution >= 0.6 is 35.6 Å². The molecule has 1 saturated heterocycles. The van der Waals surface area contributed by atoms with Crippen LogP contribution < -0.4 is 5.32 Å². The van der Waals surface area contributed by atoms with E-state index in [2.05, 4.69) is 5.32 Å². The van der Waals surface area contributed by atoms with Crippen LogP contribution in [0.1, 0.15) is 10.4 Å². The Morgan fingerprint density at radius 1 is 1.46 bits per heavy atom. The molecule has 2 rings (SSSR count). The molecule has 10 heteroatoms. The van der Waals surface area contributed by atoms with Crippen LogP contribution in [-0.4, -0.2) is 52.5 Å². The summed E-state index contributed by atoms with van der Waals surface area (Å²) < 4.78 is 18.7. The molecule has 6 nitrogen and oxygen atoms in total. The molecule has 1 aromatic rings. The number of nitrogens with zero attached hydrogens (tertiary/aromatic N) is 1. The van der Waals surface area contributed by atoms with E-state index in [1.54, 1.807) is 0 Å². The van der Waals surface area contributed by atoms with Crippen molar-refractivity contribution in [2.75, 3.05) is 25.4 Å². The number of carbonyl (C=O) groups is 3. The van der Waals surface area contributed by atoms with Gasteiger partial charge in [0.15, 0.2) is 6.61 Å². The fraction of sp³-hybridized carbons (Fsp3) is 0.286. The summed E-state index contributed by atoms with van der Waals surface area (Å²) in [6, 6.07) is 3.76. The maximum atomic E-state index is 13.5. The van der Waals surface area contributed by atoms with E-state index in [0.29, 0.717) is 10.1 Å². The summed E-state index contributed by atoms with van der Waals surface area (Å²) in [4.78, 5) is 36.3. The Labute approximate surface area is 151 Å². The number of ether oxygens (including phenoxy) is 1. The van der Waals surface area contributed by atoms with Gasteiger partial charge in [-0.15, -0.1) is 0 Å². The first kappa shape index (κ1) is 18.6. The predicted molar refractivity (Wildman–Crippen MR) is 91.5 cm³/mol. The van der Waals surface area contributed by atoms with E-state index >= 15 is 0 Å². The van der Waals surface area contributed by atoms with Crippen LogP contribution in [0.5, 0.6) is 0 Å². The van der Waals surface area contributed by atoms with Crippen LogP contribution in [0.4, 0.5) is 4.39 Å². The van der Waals surface area contributed by atoms with Gasteiger partial charge in [-0.2, -0.15) is 0 Å². The number of nitrogens with one attached hydrogen (secondary N) is 1. The van der Waals surface area contributed by atoms with E-state index in [0.717, 1.165) is 6.07 Å². The lowest BCUT2D eigenvalue weighted by Gasteiger charge is -2.15. The molecule has 1 N–H and O–H groups in total. The van der Waals surface area contributed by atoms with Crippen molar-refractivity contribution < 1.29 is 23.5 Å². The number of hydrogen-bond acceptors (Lipinski definition) is 6. The average Bonchev–Trinajstić information content (AvgIpc) is 2.84. The molecule has 0 aromatic heterocycles. The highest BCUT2D eigenvalue weighted by molar-refractivity contribution is 8.23. The van der Waals surface area contributed by atoms with Crippen molar-refractivity contribution in [3.63, 3.8) is 0 Å². The van der Waals surface area contributed by atoms with Crippen molar-refractivity contribution >= 4 is 57.7 Å². The predicted octanol–water partition coefficient (Wildman–Crippen LogP) is 1.61.